The number of hydrogen-bond acceptors (Lipinski definition) is 8. The lowest BCUT2D eigenvalue weighted by Crippen LogP contribution is -2.27. The lowest BCUT2D eigenvalue weighted by atomic mass is 10.2. The third kappa shape index (κ3) is 7.27. The van der Waals surface area contributed by atoms with Crippen molar-refractivity contribution in [2.24, 2.45) is 0 Å². The van der Waals surface area contributed by atoms with E-state index in [2.05, 4.69) is 26.1 Å². The van der Waals surface area contributed by atoms with E-state index >= 15 is 0 Å². The largest absolute Gasteiger partial charge is 0.421 e. The quantitative estimate of drug-likeness (QED) is 0.242. The van der Waals surface area contributed by atoms with Crippen molar-refractivity contribution in [1.82, 2.24) is 15.4 Å². The Morgan fingerprint density at radius 2 is 1.78 bits per heavy atom. The van der Waals surface area contributed by atoms with Crippen LogP contribution in [0, 0.1) is 0 Å². The molecule has 2 aromatic carbocycles. The SMILES string of the molecule is CC(O)CONC(=O)c1ccc(Nc2ncc(C(F)(F)F)c(Nc3ccccc3P(C)(C)=O)n2)cc1. The van der Waals surface area contributed by atoms with Crippen molar-refractivity contribution >= 4 is 41.5 Å². The molecule has 1 aromatic heterocycles. The van der Waals surface area contributed by atoms with Crippen LogP contribution in [0.25, 0.3) is 0 Å². The molecular weight excluding hydrogens is 498 g/mol. The number of hydroxylamine groups is 1. The van der Waals surface area contributed by atoms with Gasteiger partial charge in [-0.3, -0.25) is 9.63 Å². The summed E-state index contributed by atoms with van der Waals surface area (Å²) in [7, 11) is -2.80. The minimum absolute atomic E-state index is 0.0778. The summed E-state index contributed by atoms with van der Waals surface area (Å²) in [4.78, 5) is 24.7. The van der Waals surface area contributed by atoms with Crippen LogP contribution in [0.2, 0.25) is 0 Å². The Balaban J connectivity index is 1.83. The number of halogens is 3. The molecule has 0 aliphatic rings. The van der Waals surface area contributed by atoms with E-state index in [4.69, 9.17) is 9.94 Å². The van der Waals surface area contributed by atoms with Crippen LogP contribution in [0.15, 0.2) is 54.7 Å². The van der Waals surface area contributed by atoms with Gasteiger partial charge in [-0.1, -0.05) is 12.1 Å². The highest BCUT2D eigenvalue weighted by atomic mass is 31.2. The van der Waals surface area contributed by atoms with Gasteiger partial charge >= 0.3 is 6.18 Å². The first-order valence-electron chi connectivity index (χ1n) is 10.7. The van der Waals surface area contributed by atoms with Crippen LogP contribution >= 0.6 is 7.14 Å². The van der Waals surface area contributed by atoms with E-state index in [1.54, 1.807) is 18.2 Å². The fraction of sp³-hybridized carbons (Fsp3) is 0.261. The van der Waals surface area contributed by atoms with Crippen LogP contribution in [0.3, 0.4) is 0 Å². The number of anilines is 4. The van der Waals surface area contributed by atoms with Gasteiger partial charge in [0.2, 0.25) is 5.95 Å². The number of nitrogens with zero attached hydrogens (tertiary/aromatic N) is 2. The van der Waals surface area contributed by atoms with Gasteiger partial charge in [0.1, 0.15) is 25.1 Å². The van der Waals surface area contributed by atoms with Crippen LogP contribution in [0.1, 0.15) is 22.8 Å². The Bertz CT molecular complexity index is 1260. The van der Waals surface area contributed by atoms with Crippen LogP contribution in [-0.2, 0) is 15.6 Å². The van der Waals surface area contributed by atoms with E-state index in [9.17, 15) is 22.5 Å². The summed E-state index contributed by atoms with van der Waals surface area (Å²) in [6, 6.07) is 12.3. The maximum atomic E-state index is 13.6. The van der Waals surface area contributed by atoms with Crippen LogP contribution < -0.4 is 21.4 Å². The molecule has 0 radical (unpaired) electrons. The minimum Gasteiger partial charge on any atom is -0.391 e. The topological polar surface area (TPSA) is 125 Å². The zero-order chi connectivity index (χ0) is 26.5. The second kappa shape index (κ2) is 11.1. The number of amides is 1. The highest BCUT2D eigenvalue weighted by Crippen LogP contribution is 2.40. The van der Waals surface area contributed by atoms with Crippen molar-refractivity contribution in [2.75, 3.05) is 30.6 Å². The van der Waals surface area contributed by atoms with Gasteiger partial charge in [0, 0.05) is 22.8 Å². The third-order valence-electron chi connectivity index (χ3n) is 4.72. The number of aliphatic hydroxyl groups excluding tert-OH is 1. The molecule has 0 aliphatic heterocycles. The van der Waals surface area contributed by atoms with Gasteiger partial charge in [-0.05, 0) is 56.7 Å². The summed E-state index contributed by atoms with van der Waals surface area (Å²) in [5, 5.41) is 15.0. The zero-order valence-electron chi connectivity index (χ0n) is 19.6. The number of rotatable bonds is 9. The van der Waals surface area contributed by atoms with Gasteiger partial charge in [0.25, 0.3) is 5.91 Å². The van der Waals surface area contributed by atoms with Gasteiger partial charge in [-0.2, -0.15) is 18.2 Å². The molecule has 3 rings (SSSR count). The summed E-state index contributed by atoms with van der Waals surface area (Å²) in [6.07, 6.45) is -4.83. The van der Waals surface area contributed by atoms with Crippen molar-refractivity contribution < 1.29 is 32.5 Å². The number of aromatic nitrogens is 2. The number of benzene rings is 2. The molecule has 0 bridgehead atoms. The third-order valence-corrected chi connectivity index (χ3v) is 6.27. The van der Waals surface area contributed by atoms with Crippen LogP contribution in [-0.4, -0.2) is 47.0 Å². The molecular formula is C23H25F3N5O4P. The smallest absolute Gasteiger partial charge is 0.391 e. The van der Waals surface area contributed by atoms with Crippen LogP contribution in [0.5, 0.6) is 0 Å². The summed E-state index contributed by atoms with van der Waals surface area (Å²) in [5.41, 5.74) is 2.01. The first-order chi connectivity index (χ1) is 16.8. The lowest BCUT2D eigenvalue weighted by Gasteiger charge is -2.18. The lowest BCUT2D eigenvalue weighted by molar-refractivity contribution is -0.137. The monoisotopic (exact) mass is 523 g/mol. The van der Waals surface area contributed by atoms with Crippen molar-refractivity contribution in [3.05, 3.63) is 65.9 Å². The highest BCUT2D eigenvalue weighted by molar-refractivity contribution is 7.70. The number of alkyl halides is 3. The summed E-state index contributed by atoms with van der Waals surface area (Å²) in [5.74, 6) is -1.17. The van der Waals surface area contributed by atoms with Gasteiger partial charge < -0.3 is 20.3 Å². The predicted molar refractivity (Wildman–Crippen MR) is 131 cm³/mol. The molecule has 1 atom stereocenters. The summed E-state index contributed by atoms with van der Waals surface area (Å²) < 4.78 is 53.5. The van der Waals surface area contributed by atoms with E-state index in [-0.39, 0.29) is 23.8 Å². The average Bonchev–Trinajstić information content (AvgIpc) is 2.78. The number of hydrogen-bond donors (Lipinski definition) is 4. The maximum Gasteiger partial charge on any atom is 0.421 e. The normalized spacial score (nSPS) is 12.6. The van der Waals surface area contributed by atoms with Gasteiger partial charge in [-0.25, -0.2) is 10.5 Å². The second-order valence-corrected chi connectivity index (χ2v) is 11.4. The van der Waals surface area contributed by atoms with E-state index in [1.807, 2.05) is 0 Å². The standard InChI is InChI=1S/C23H25F3N5O4P/c1-14(32)13-35-31-21(33)15-8-10-16(11-9-15)28-22-27-12-17(23(24,25)26)20(30-22)29-18-6-4-5-7-19(18)36(2,3)34/h4-12,14,32H,13H2,1-3H3,(H,31,33)(H2,27,28,29,30). The highest BCUT2D eigenvalue weighted by Gasteiger charge is 2.35. The fourth-order valence-electron chi connectivity index (χ4n) is 3.04. The van der Waals surface area contributed by atoms with Crippen molar-refractivity contribution in [1.29, 1.82) is 0 Å². The second-order valence-electron chi connectivity index (χ2n) is 8.24. The first-order valence-corrected chi connectivity index (χ1v) is 13.3. The number of aliphatic hydroxyl groups is 1. The van der Waals surface area contributed by atoms with Crippen molar-refractivity contribution in [2.45, 2.75) is 19.2 Å². The molecule has 0 saturated heterocycles. The Morgan fingerprint density at radius 1 is 1.11 bits per heavy atom. The molecule has 0 fully saturated rings. The molecule has 1 unspecified atom stereocenters. The van der Waals surface area contributed by atoms with Gasteiger partial charge in [0.15, 0.2) is 0 Å². The van der Waals surface area contributed by atoms with E-state index in [1.165, 1.54) is 50.6 Å². The Kier molecular flexibility index (Phi) is 8.34. The minimum atomic E-state index is -4.73. The van der Waals surface area contributed by atoms with Gasteiger partial charge in [0.05, 0.1) is 11.8 Å². The molecule has 36 heavy (non-hydrogen) atoms. The maximum absolute atomic E-state index is 13.6. The Morgan fingerprint density at radius 3 is 2.39 bits per heavy atom. The Hall–Kier alpha value is -3.47. The van der Waals surface area contributed by atoms with Crippen LogP contribution in [0.4, 0.5) is 36.3 Å². The van der Waals surface area contributed by atoms with E-state index in [0.29, 0.717) is 17.2 Å². The summed E-state index contributed by atoms with van der Waals surface area (Å²) in [6.45, 7) is 4.47. The number of carbonyl (C=O) groups excluding carboxylic acids is 1. The molecule has 1 amide bonds. The molecule has 1 heterocycles. The van der Waals surface area contributed by atoms with Gasteiger partial charge in [-0.15, -0.1) is 0 Å². The first kappa shape index (κ1) is 27.1. The number of carbonyl (C=O) groups is 1. The number of para-hydroxylation sites is 1. The number of nitrogens with one attached hydrogen (secondary N) is 3. The zero-order valence-corrected chi connectivity index (χ0v) is 20.5. The Labute approximate surface area is 205 Å². The molecule has 0 saturated carbocycles. The molecule has 9 nitrogen and oxygen atoms in total. The average molecular weight is 523 g/mol. The van der Waals surface area contributed by atoms with E-state index in [0.717, 1.165) is 0 Å². The molecule has 3 aromatic rings. The molecule has 4 N–H and O–H groups in total. The van der Waals surface area contributed by atoms with Crippen molar-refractivity contribution in [3.8, 4) is 0 Å². The molecule has 0 spiro atoms. The fourth-order valence-corrected chi connectivity index (χ4v) is 4.20. The molecule has 192 valence electrons. The predicted octanol–water partition coefficient (Wildman–Crippen LogP) is 4.27. The van der Waals surface area contributed by atoms with E-state index < -0.39 is 36.7 Å². The molecule has 0 aliphatic carbocycles. The summed E-state index contributed by atoms with van der Waals surface area (Å²) >= 11 is 0. The molecule has 13 heteroatoms. The van der Waals surface area contributed by atoms with Crippen molar-refractivity contribution in [3.63, 3.8) is 0 Å².